The molecule has 35 heavy (non-hydrogen) atoms. The number of carbonyl (C=O) groups excluding carboxylic acids is 1. The van der Waals surface area contributed by atoms with Gasteiger partial charge < -0.3 is 24.2 Å². The third-order valence-corrected chi connectivity index (χ3v) is 10.6. The minimum atomic E-state index is -0.923. The maximum absolute atomic E-state index is 12.5. The van der Waals surface area contributed by atoms with E-state index >= 15 is 0 Å². The van der Waals surface area contributed by atoms with Gasteiger partial charge in [-0.2, -0.15) is 0 Å². The quantitative estimate of drug-likeness (QED) is 0.384. The van der Waals surface area contributed by atoms with Crippen molar-refractivity contribution in [3.8, 4) is 0 Å². The van der Waals surface area contributed by atoms with Gasteiger partial charge in [0, 0.05) is 12.1 Å². The Kier molecular flexibility index (Phi) is 9.54. The van der Waals surface area contributed by atoms with Gasteiger partial charge in [0.05, 0.1) is 12.2 Å². The second kappa shape index (κ2) is 11.5. The van der Waals surface area contributed by atoms with E-state index in [-0.39, 0.29) is 47.0 Å². The Morgan fingerprint density at radius 1 is 1.09 bits per heavy atom. The van der Waals surface area contributed by atoms with Crippen molar-refractivity contribution >= 4 is 17.9 Å². The number of hydrogen-bond donors (Lipinski definition) is 1. The van der Waals surface area contributed by atoms with Crippen LogP contribution in [0.5, 0.6) is 0 Å². The number of ether oxygens (including phenoxy) is 3. The number of thioether (sulfide) groups is 1. The highest BCUT2D eigenvalue weighted by molar-refractivity contribution is 7.99. The smallest absolute Gasteiger partial charge is 0.410 e. The molecule has 3 rings (SSSR count). The van der Waals surface area contributed by atoms with E-state index in [1.807, 2.05) is 27.7 Å². The summed E-state index contributed by atoms with van der Waals surface area (Å²) in [7, 11) is 0. The maximum atomic E-state index is 12.5. The zero-order chi connectivity index (χ0) is 26.1. The van der Waals surface area contributed by atoms with Crippen LogP contribution in [0, 0.1) is 29.6 Å². The van der Waals surface area contributed by atoms with Gasteiger partial charge in [0.15, 0.2) is 6.29 Å². The first-order valence-corrected chi connectivity index (χ1v) is 15.0. The predicted molar refractivity (Wildman–Crippen MR) is 142 cm³/mol. The van der Waals surface area contributed by atoms with Gasteiger partial charge in [-0.05, 0) is 102 Å². The summed E-state index contributed by atoms with van der Waals surface area (Å²) in [6.45, 7) is 19.6. The summed E-state index contributed by atoms with van der Waals surface area (Å²) in [5, 5.41) is 12.2. The molecule has 0 bridgehead atoms. The van der Waals surface area contributed by atoms with Crippen LogP contribution in [0.2, 0.25) is 0 Å². The van der Waals surface area contributed by atoms with Crippen LogP contribution in [0.1, 0.15) is 94.4 Å². The lowest BCUT2D eigenvalue weighted by Crippen LogP contribution is -2.66. The Hall–Kier alpha value is -0.500. The summed E-state index contributed by atoms with van der Waals surface area (Å²) >= 11 is 1.77. The third-order valence-electron chi connectivity index (χ3n) is 9.18. The molecule has 0 aromatic heterocycles. The highest BCUT2D eigenvalue weighted by atomic mass is 32.2. The molecule has 3 fully saturated rings. The van der Waals surface area contributed by atoms with Crippen LogP contribution in [0.3, 0.4) is 0 Å². The second-order valence-electron chi connectivity index (χ2n) is 12.4. The Bertz CT molecular complexity index is 709. The molecule has 1 amide bonds. The average Bonchev–Trinajstić information content (AvgIpc) is 2.87. The lowest BCUT2D eigenvalue weighted by atomic mass is 9.58. The average molecular weight is 514 g/mol. The second-order valence-corrected chi connectivity index (χ2v) is 13.6. The summed E-state index contributed by atoms with van der Waals surface area (Å²) in [5.41, 5.74) is -1.26. The third kappa shape index (κ3) is 5.83. The lowest BCUT2D eigenvalue weighted by molar-refractivity contribution is -0.345. The van der Waals surface area contributed by atoms with Gasteiger partial charge in [-0.15, -0.1) is 11.8 Å². The van der Waals surface area contributed by atoms with Gasteiger partial charge >= 0.3 is 6.09 Å². The molecule has 6 nitrogen and oxygen atoms in total. The van der Waals surface area contributed by atoms with Gasteiger partial charge in [0.25, 0.3) is 0 Å². The molecule has 0 radical (unpaired) electrons. The molecule has 1 N–H and O–H groups in total. The largest absolute Gasteiger partial charge is 0.449 e. The normalized spacial score (nSPS) is 39.5. The van der Waals surface area contributed by atoms with E-state index in [1.165, 1.54) is 0 Å². The van der Waals surface area contributed by atoms with Crippen LogP contribution in [-0.2, 0) is 14.2 Å². The van der Waals surface area contributed by atoms with E-state index in [9.17, 15) is 9.90 Å². The summed E-state index contributed by atoms with van der Waals surface area (Å²) in [4.78, 5) is 14.2. The number of nitrogens with zero attached hydrogens (tertiary/aromatic N) is 1. The van der Waals surface area contributed by atoms with Crippen LogP contribution in [0.25, 0.3) is 0 Å². The van der Waals surface area contributed by atoms with Crippen LogP contribution < -0.4 is 0 Å². The summed E-state index contributed by atoms with van der Waals surface area (Å²) in [6, 6.07) is 0.232. The van der Waals surface area contributed by atoms with E-state index in [2.05, 4.69) is 34.6 Å². The molecule has 2 aliphatic heterocycles. The number of aliphatic hydroxyl groups is 1. The van der Waals surface area contributed by atoms with Crippen molar-refractivity contribution in [1.82, 2.24) is 4.90 Å². The molecule has 0 aromatic carbocycles. The first-order chi connectivity index (χ1) is 16.3. The SMILES string of the molecule is CC(C)N(C(=O)OCCCS[C@@H]1O[C@@H]2O[C@](C)(C(C)C)CC[C@H]3[C@H](C)CC[C@@H]([C@H]1C)[C@@]23O)C(C)C. The summed E-state index contributed by atoms with van der Waals surface area (Å²) < 4.78 is 18.9. The summed E-state index contributed by atoms with van der Waals surface area (Å²) in [5.74, 6) is 2.29. The standard InChI is InChI=1S/C28H51NO5S/c1-17(2)27(9)14-13-22-20(7)11-12-23-21(8)24(33-25(34-27)28(22,23)31)35-16-10-15-32-26(30)29(18(3)4)19(5)6/h17-25,31H,10-16H2,1-9H3/t20-,21-,22+,23+,24+,25-,27+,28-/m1/s1. The highest BCUT2D eigenvalue weighted by Crippen LogP contribution is 2.57. The van der Waals surface area contributed by atoms with Crippen molar-refractivity contribution in [3.63, 3.8) is 0 Å². The molecule has 0 aromatic rings. The van der Waals surface area contributed by atoms with Crippen molar-refractivity contribution in [2.75, 3.05) is 12.4 Å². The van der Waals surface area contributed by atoms with Gasteiger partial charge in [-0.1, -0.05) is 27.7 Å². The molecule has 1 aliphatic carbocycles. The predicted octanol–water partition coefficient (Wildman–Crippen LogP) is 6.30. The summed E-state index contributed by atoms with van der Waals surface area (Å²) in [6.07, 6.45) is 4.06. The van der Waals surface area contributed by atoms with E-state index in [4.69, 9.17) is 14.2 Å². The van der Waals surface area contributed by atoms with Crippen molar-refractivity contribution in [2.24, 2.45) is 29.6 Å². The Morgan fingerprint density at radius 3 is 2.34 bits per heavy atom. The number of rotatable bonds is 8. The first-order valence-electron chi connectivity index (χ1n) is 13.9. The Balaban J connectivity index is 1.63. The number of carbonyl (C=O) groups is 1. The molecular weight excluding hydrogens is 462 g/mol. The number of amides is 1. The maximum Gasteiger partial charge on any atom is 0.410 e. The molecule has 7 heteroatoms. The van der Waals surface area contributed by atoms with Crippen molar-refractivity contribution in [2.45, 2.75) is 129 Å². The fourth-order valence-corrected chi connectivity index (χ4v) is 7.88. The van der Waals surface area contributed by atoms with E-state index in [1.54, 1.807) is 16.7 Å². The Labute approximate surface area is 218 Å². The van der Waals surface area contributed by atoms with Gasteiger partial charge in [0.2, 0.25) is 0 Å². The molecule has 2 heterocycles. The van der Waals surface area contributed by atoms with Crippen LogP contribution in [0.15, 0.2) is 0 Å². The van der Waals surface area contributed by atoms with Crippen LogP contribution in [0.4, 0.5) is 4.79 Å². The lowest BCUT2D eigenvalue weighted by Gasteiger charge is -2.57. The van der Waals surface area contributed by atoms with Crippen molar-refractivity contribution < 1.29 is 24.1 Å². The highest BCUT2D eigenvalue weighted by Gasteiger charge is 2.63. The zero-order valence-electron chi connectivity index (χ0n) is 23.6. The van der Waals surface area contributed by atoms with Crippen molar-refractivity contribution in [3.05, 3.63) is 0 Å². The Morgan fingerprint density at radius 2 is 1.74 bits per heavy atom. The fraction of sp³-hybridized carbons (Fsp3) is 0.964. The first kappa shape index (κ1) is 29.1. The number of hydrogen-bond acceptors (Lipinski definition) is 6. The zero-order valence-corrected chi connectivity index (χ0v) is 24.4. The molecule has 8 atom stereocenters. The minimum absolute atomic E-state index is 0.0348. The van der Waals surface area contributed by atoms with Gasteiger partial charge in [-0.25, -0.2) is 4.79 Å². The molecule has 2 saturated heterocycles. The van der Waals surface area contributed by atoms with E-state index in [0.29, 0.717) is 18.4 Å². The molecule has 3 aliphatic rings. The monoisotopic (exact) mass is 513 g/mol. The van der Waals surface area contributed by atoms with Crippen molar-refractivity contribution in [1.29, 1.82) is 0 Å². The topological polar surface area (TPSA) is 68.2 Å². The van der Waals surface area contributed by atoms with E-state index < -0.39 is 11.9 Å². The van der Waals surface area contributed by atoms with Crippen LogP contribution >= 0.6 is 11.8 Å². The van der Waals surface area contributed by atoms with E-state index in [0.717, 1.165) is 37.9 Å². The molecule has 1 saturated carbocycles. The van der Waals surface area contributed by atoms with Crippen LogP contribution in [-0.4, -0.2) is 63.5 Å². The molecule has 204 valence electrons. The molecule has 0 spiro atoms. The fourth-order valence-electron chi connectivity index (χ4n) is 6.69. The van der Waals surface area contributed by atoms with Gasteiger partial charge in [0.1, 0.15) is 11.0 Å². The molecule has 0 unspecified atom stereocenters. The minimum Gasteiger partial charge on any atom is -0.449 e. The molecular formula is C28H51NO5S. The van der Waals surface area contributed by atoms with Gasteiger partial charge in [-0.3, -0.25) is 0 Å².